The lowest BCUT2D eigenvalue weighted by Crippen LogP contribution is -2.36. The number of sulfone groups is 1. The van der Waals surface area contributed by atoms with E-state index in [0.29, 0.717) is 30.5 Å². The predicted octanol–water partition coefficient (Wildman–Crippen LogP) is 0.584. The SMILES string of the molecule is CCOCc1nc(N)cc(NC2(C)CCS(=O)(=O)C2)n1. The van der Waals surface area contributed by atoms with Crippen molar-refractivity contribution in [3.63, 3.8) is 0 Å². The van der Waals surface area contributed by atoms with Crippen LogP contribution in [0.1, 0.15) is 26.1 Å². The highest BCUT2D eigenvalue weighted by Gasteiger charge is 2.38. The first kappa shape index (κ1) is 15.0. The molecule has 1 aliphatic heterocycles. The van der Waals surface area contributed by atoms with E-state index in [9.17, 15) is 8.42 Å². The van der Waals surface area contributed by atoms with Gasteiger partial charge in [-0.25, -0.2) is 18.4 Å². The van der Waals surface area contributed by atoms with Crippen molar-refractivity contribution in [1.82, 2.24) is 9.97 Å². The Morgan fingerprint density at radius 3 is 2.85 bits per heavy atom. The predicted molar refractivity (Wildman–Crippen MR) is 77.1 cm³/mol. The molecule has 112 valence electrons. The van der Waals surface area contributed by atoms with Gasteiger partial charge in [0.05, 0.1) is 17.0 Å². The van der Waals surface area contributed by atoms with E-state index in [1.807, 2.05) is 13.8 Å². The van der Waals surface area contributed by atoms with Crippen LogP contribution in [0.15, 0.2) is 6.07 Å². The quantitative estimate of drug-likeness (QED) is 0.819. The van der Waals surface area contributed by atoms with E-state index in [1.54, 1.807) is 6.07 Å². The summed E-state index contributed by atoms with van der Waals surface area (Å²) in [4.78, 5) is 8.39. The van der Waals surface area contributed by atoms with Gasteiger partial charge in [0.25, 0.3) is 0 Å². The maximum atomic E-state index is 11.6. The van der Waals surface area contributed by atoms with Crippen LogP contribution in [0.25, 0.3) is 0 Å². The van der Waals surface area contributed by atoms with Gasteiger partial charge in [-0.1, -0.05) is 0 Å². The molecular formula is C12H20N4O3S. The molecule has 8 heteroatoms. The number of ether oxygens (including phenoxy) is 1. The van der Waals surface area contributed by atoms with Crippen LogP contribution in [0.3, 0.4) is 0 Å². The van der Waals surface area contributed by atoms with Crippen LogP contribution in [-0.2, 0) is 21.2 Å². The lowest BCUT2D eigenvalue weighted by atomic mass is 10.0. The minimum Gasteiger partial charge on any atom is -0.384 e. The van der Waals surface area contributed by atoms with Gasteiger partial charge < -0.3 is 15.8 Å². The van der Waals surface area contributed by atoms with Crippen molar-refractivity contribution < 1.29 is 13.2 Å². The Kier molecular flexibility index (Phi) is 4.14. The number of nitrogens with one attached hydrogen (secondary N) is 1. The zero-order chi connectivity index (χ0) is 14.8. The number of nitrogen functional groups attached to an aromatic ring is 1. The second-order valence-electron chi connectivity index (χ2n) is 5.26. The fraction of sp³-hybridized carbons (Fsp3) is 0.667. The van der Waals surface area contributed by atoms with E-state index >= 15 is 0 Å². The zero-order valence-corrected chi connectivity index (χ0v) is 12.5. The molecule has 1 aromatic rings. The van der Waals surface area contributed by atoms with E-state index in [0.717, 1.165) is 0 Å². The summed E-state index contributed by atoms with van der Waals surface area (Å²) in [5.41, 5.74) is 5.23. The molecule has 0 radical (unpaired) electrons. The zero-order valence-electron chi connectivity index (χ0n) is 11.7. The van der Waals surface area contributed by atoms with Gasteiger partial charge in [0.1, 0.15) is 18.2 Å². The molecule has 0 amide bonds. The van der Waals surface area contributed by atoms with Gasteiger partial charge in [-0.2, -0.15) is 0 Å². The third kappa shape index (κ3) is 3.80. The highest BCUT2D eigenvalue weighted by Crippen LogP contribution is 2.27. The van der Waals surface area contributed by atoms with Crippen LogP contribution in [0, 0.1) is 0 Å². The Balaban J connectivity index is 2.15. The summed E-state index contributed by atoms with van der Waals surface area (Å²) < 4.78 is 28.4. The van der Waals surface area contributed by atoms with Gasteiger partial charge in [-0.15, -0.1) is 0 Å². The summed E-state index contributed by atoms with van der Waals surface area (Å²) in [5.74, 6) is 1.65. The third-order valence-electron chi connectivity index (χ3n) is 3.16. The third-order valence-corrected chi connectivity index (χ3v) is 5.06. The lowest BCUT2D eigenvalue weighted by Gasteiger charge is -2.24. The maximum absolute atomic E-state index is 11.6. The summed E-state index contributed by atoms with van der Waals surface area (Å²) in [6.45, 7) is 4.61. The number of hydrogen-bond donors (Lipinski definition) is 2. The molecule has 3 N–H and O–H groups in total. The fourth-order valence-electron chi connectivity index (χ4n) is 2.26. The first-order valence-corrected chi connectivity index (χ1v) is 8.34. The van der Waals surface area contributed by atoms with Crippen molar-refractivity contribution in [3.8, 4) is 0 Å². The van der Waals surface area contributed by atoms with Gasteiger partial charge in [0.2, 0.25) is 0 Å². The van der Waals surface area contributed by atoms with Crippen molar-refractivity contribution in [2.75, 3.05) is 29.2 Å². The summed E-state index contributed by atoms with van der Waals surface area (Å²) in [5, 5.41) is 3.16. The molecule has 2 rings (SSSR count). The first-order chi connectivity index (χ1) is 9.32. The molecule has 1 saturated heterocycles. The number of hydrogen-bond acceptors (Lipinski definition) is 7. The standard InChI is InChI=1S/C12H20N4O3S/c1-3-19-7-11-14-9(13)6-10(15-11)16-12(2)4-5-20(17,18)8-12/h6H,3-5,7-8H2,1-2H3,(H3,13,14,15,16). The summed E-state index contributed by atoms with van der Waals surface area (Å²) in [6, 6.07) is 1.60. The van der Waals surface area contributed by atoms with Crippen LogP contribution in [0.2, 0.25) is 0 Å². The van der Waals surface area contributed by atoms with E-state index in [2.05, 4.69) is 15.3 Å². The van der Waals surface area contributed by atoms with Crippen LogP contribution in [0.4, 0.5) is 11.6 Å². The Hall–Kier alpha value is -1.41. The van der Waals surface area contributed by atoms with Gasteiger partial charge in [0, 0.05) is 12.7 Å². The molecule has 20 heavy (non-hydrogen) atoms. The molecule has 1 atom stereocenters. The molecular weight excluding hydrogens is 280 g/mol. The van der Waals surface area contributed by atoms with Gasteiger partial charge in [-0.3, -0.25) is 0 Å². The molecule has 0 spiro atoms. The number of anilines is 2. The number of nitrogens with zero attached hydrogens (tertiary/aromatic N) is 2. The molecule has 1 aliphatic rings. The van der Waals surface area contributed by atoms with Crippen LogP contribution in [-0.4, -0.2) is 42.0 Å². The van der Waals surface area contributed by atoms with Crippen LogP contribution in [0.5, 0.6) is 0 Å². The average molecular weight is 300 g/mol. The number of aromatic nitrogens is 2. The van der Waals surface area contributed by atoms with Gasteiger partial charge in [-0.05, 0) is 20.3 Å². The fourth-order valence-corrected chi connectivity index (χ4v) is 4.35. The molecule has 0 saturated carbocycles. The van der Waals surface area contributed by atoms with Gasteiger partial charge in [0.15, 0.2) is 15.7 Å². The summed E-state index contributed by atoms with van der Waals surface area (Å²) in [6.07, 6.45) is 0.556. The van der Waals surface area contributed by atoms with Crippen LogP contribution >= 0.6 is 0 Å². The molecule has 7 nitrogen and oxygen atoms in total. The summed E-state index contributed by atoms with van der Waals surface area (Å²) >= 11 is 0. The monoisotopic (exact) mass is 300 g/mol. The largest absolute Gasteiger partial charge is 0.384 e. The molecule has 0 aromatic carbocycles. The Morgan fingerprint density at radius 1 is 1.50 bits per heavy atom. The van der Waals surface area contributed by atoms with Crippen molar-refractivity contribution in [1.29, 1.82) is 0 Å². The molecule has 0 aliphatic carbocycles. The van der Waals surface area contributed by atoms with Crippen molar-refractivity contribution in [3.05, 3.63) is 11.9 Å². The minimum atomic E-state index is -2.97. The number of rotatable bonds is 5. The highest BCUT2D eigenvalue weighted by molar-refractivity contribution is 7.91. The molecule has 0 bridgehead atoms. The Bertz CT molecular complexity index is 590. The smallest absolute Gasteiger partial charge is 0.158 e. The van der Waals surface area contributed by atoms with Crippen molar-refractivity contribution in [2.45, 2.75) is 32.4 Å². The van der Waals surface area contributed by atoms with E-state index in [-0.39, 0.29) is 18.1 Å². The topological polar surface area (TPSA) is 107 Å². The summed E-state index contributed by atoms with van der Waals surface area (Å²) in [7, 11) is -2.97. The highest BCUT2D eigenvalue weighted by atomic mass is 32.2. The second-order valence-corrected chi connectivity index (χ2v) is 7.44. The Labute approximate surface area is 118 Å². The Morgan fingerprint density at radius 2 is 2.25 bits per heavy atom. The number of nitrogens with two attached hydrogens (primary N) is 1. The average Bonchev–Trinajstić information content (AvgIpc) is 2.60. The van der Waals surface area contributed by atoms with Crippen LogP contribution < -0.4 is 11.1 Å². The molecule has 1 fully saturated rings. The minimum absolute atomic E-state index is 0.102. The van der Waals surface area contributed by atoms with E-state index in [4.69, 9.17) is 10.5 Å². The van der Waals surface area contributed by atoms with Crippen molar-refractivity contribution in [2.24, 2.45) is 0 Å². The van der Waals surface area contributed by atoms with E-state index < -0.39 is 15.4 Å². The maximum Gasteiger partial charge on any atom is 0.158 e. The second kappa shape index (κ2) is 5.53. The normalized spacial score (nSPS) is 24.7. The van der Waals surface area contributed by atoms with Crippen molar-refractivity contribution >= 4 is 21.5 Å². The first-order valence-electron chi connectivity index (χ1n) is 6.52. The molecule has 1 unspecified atom stereocenters. The van der Waals surface area contributed by atoms with Gasteiger partial charge >= 0.3 is 0 Å². The van der Waals surface area contributed by atoms with E-state index in [1.165, 1.54) is 0 Å². The molecule has 1 aromatic heterocycles. The molecule has 2 heterocycles. The lowest BCUT2D eigenvalue weighted by molar-refractivity contribution is 0.128.